The summed E-state index contributed by atoms with van der Waals surface area (Å²) in [7, 11) is 0. The smallest absolute Gasteiger partial charge is 0.323 e. The van der Waals surface area contributed by atoms with Crippen molar-refractivity contribution in [1.29, 1.82) is 0 Å². The van der Waals surface area contributed by atoms with Crippen LogP contribution in [0.2, 0.25) is 0 Å². The molecule has 6 rings (SSSR count). The quantitative estimate of drug-likeness (QED) is 0.214. The van der Waals surface area contributed by atoms with E-state index in [0.717, 1.165) is 11.1 Å². The average Bonchev–Trinajstić information content (AvgIpc) is 3.29. The number of carboxylic acid groups (broad SMARTS) is 1. The van der Waals surface area contributed by atoms with E-state index in [1.165, 1.54) is 29.0 Å². The van der Waals surface area contributed by atoms with E-state index >= 15 is 0 Å². The largest absolute Gasteiger partial charge is 0.485 e. The Bertz CT molecular complexity index is 1900. The molecule has 1 aliphatic rings. The molecular weight excluding hydrogens is 564 g/mol. The number of hydroxylamine groups is 2. The summed E-state index contributed by atoms with van der Waals surface area (Å²) in [5.41, 5.74) is 2.07. The highest BCUT2D eigenvalue weighted by Gasteiger charge is 2.36. The van der Waals surface area contributed by atoms with Crippen molar-refractivity contribution < 1.29 is 33.8 Å². The van der Waals surface area contributed by atoms with E-state index in [0.29, 0.717) is 16.3 Å². The molecule has 0 bridgehead atoms. The molecule has 4 aromatic carbocycles. The molecular formula is C34H26N2O8. The highest BCUT2D eigenvalue weighted by molar-refractivity contribution is 6.20. The summed E-state index contributed by atoms with van der Waals surface area (Å²) in [6.07, 6.45) is 1.35. The van der Waals surface area contributed by atoms with E-state index in [4.69, 9.17) is 14.3 Å². The van der Waals surface area contributed by atoms with Crippen LogP contribution >= 0.6 is 0 Å². The SMILES string of the molecule is O=C(O)Cn1cc(CON2C(=O)c3ccccc3C2=O)c(=O)c2cc(OCc3ccccc3)c(OCc3ccccc3)cc21. The zero-order chi connectivity index (χ0) is 30.6. The number of amides is 2. The number of hydrogen-bond acceptors (Lipinski definition) is 7. The van der Waals surface area contributed by atoms with Crippen LogP contribution in [0.5, 0.6) is 11.5 Å². The number of aliphatic carboxylic acids is 1. The number of carboxylic acids is 1. The zero-order valence-corrected chi connectivity index (χ0v) is 23.3. The van der Waals surface area contributed by atoms with Gasteiger partial charge in [-0.3, -0.25) is 24.0 Å². The summed E-state index contributed by atoms with van der Waals surface area (Å²) in [4.78, 5) is 56.6. The summed E-state index contributed by atoms with van der Waals surface area (Å²) in [5, 5.41) is 10.4. The lowest BCUT2D eigenvalue weighted by atomic mass is 10.1. The van der Waals surface area contributed by atoms with Crippen molar-refractivity contribution in [2.75, 3.05) is 0 Å². The van der Waals surface area contributed by atoms with Crippen molar-refractivity contribution in [3.63, 3.8) is 0 Å². The Balaban J connectivity index is 1.37. The number of hydrogen-bond donors (Lipinski definition) is 1. The van der Waals surface area contributed by atoms with Crippen molar-refractivity contribution >= 4 is 28.7 Å². The second kappa shape index (κ2) is 12.2. The van der Waals surface area contributed by atoms with Gasteiger partial charge in [-0.2, -0.15) is 0 Å². The number of ether oxygens (including phenoxy) is 2. The zero-order valence-electron chi connectivity index (χ0n) is 23.3. The Morgan fingerprint density at radius 3 is 1.75 bits per heavy atom. The van der Waals surface area contributed by atoms with Gasteiger partial charge in [-0.15, -0.1) is 5.06 Å². The molecule has 10 nitrogen and oxygen atoms in total. The van der Waals surface area contributed by atoms with E-state index in [1.54, 1.807) is 18.2 Å². The number of pyridine rings is 1. The molecule has 5 aromatic rings. The first kappa shape index (κ1) is 28.4. The van der Waals surface area contributed by atoms with Crippen molar-refractivity contribution in [2.45, 2.75) is 26.4 Å². The third kappa shape index (κ3) is 5.79. The van der Waals surface area contributed by atoms with E-state index in [-0.39, 0.29) is 41.0 Å². The number of carbonyl (C=O) groups is 3. The van der Waals surface area contributed by atoms with Crippen LogP contribution in [-0.4, -0.2) is 32.5 Å². The molecule has 0 saturated heterocycles. The molecule has 0 saturated carbocycles. The fourth-order valence-electron chi connectivity index (χ4n) is 4.95. The Morgan fingerprint density at radius 1 is 0.682 bits per heavy atom. The molecule has 0 spiro atoms. The Labute approximate surface area is 251 Å². The van der Waals surface area contributed by atoms with E-state index in [2.05, 4.69) is 0 Å². The predicted octanol–water partition coefficient (Wildman–Crippen LogP) is 4.97. The van der Waals surface area contributed by atoms with Crippen LogP contribution in [0.25, 0.3) is 10.9 Å². The monoisotopic (exact) mass is 590 g/mol. The second-order valence-electron chi connectivity index (χ2n) is 10.1. The van der Waals surface area contributed by atoms with E-state index in [9.17, 15) is 24.3 Å². The van der Waals surface area contributed by atoms with Crippen LogP contribution in [0, 0.1) is 0 Å². The minimum absolute atomic E-state index is 0.0438. The van der Waals surface area contributed by atoms with E-state index < -0.39 is 36.4 Å². The minimum atomic E-state index is -1.14. The van der Waals surface area contributed by atoms with Gasteiger partial charge in [-0.25, -0.2) is 0 Å². The molecule has 1 aliphatic heterocycles. The third-order valence-corrected chi connectivity index (χ3v) is 7.11. The fourth-order valence-corrected chi connectivity index (χ4v) is 4.95. The van der Waals surface area contributed by atoms with Crippen LogP contribution in [0.1, 0.15) is 37.4 Å². The molecule has 1 N–H and O–H groups in total. The molecule has 44 heavy (non-hydrogen) atoms. The van der Waals surface area contributed by atoms with Gasteiger partial charge in [0.1, 0.15) is 26.4 Å². The molecule has 0 radical (unpaired) electrons. The lowest BCUT2D eigenvalue weighted by molar-refractivity contribution is -0.137. The van der Waals surface area contributed by atoms with Crippen LogP contribution < -0.4 is 14.9 Å². The van der Waals surface area contributed by atoms with Gasteiger partial charge < -0.3 is 19.1 Å². The van der Waals surface area contributed by atoms with Gasteiger partial charge in [0.05, 0.1) is 16.6 Å². The number of carbonyl (C=O) groups excluding carboxylic acids is 2. The molecule has 0 atom stereocenters. The first-order chi connectivity index (χ1) is 21.4. The van der Waals surface area contributed by atoms with E-state index in [1.807, 2.05) is 60.7 Å². The van der Waals surface area contributed by atoms with Crippen LogP contribution in [0.3, 0.4) is 0 Å². The molecule has 0 aliphatic carbocycles. The first-order valence-corrected chi connectivity index (χ1v) is 13.7. The van der Waals surface area contributed by atoms with Gasteiger partial charge in [0.2, 0.25) is 0 Å². The summed E-state index contributed by atoms with van der Waals surface area (Å²) >= 11 is 0. The molecule has 0 fully saturated rings. The molecule has 2 heterocycles. The molecule has 2 amide bonds. The lowest BCUT2D eigenvalue weighted by Gasteiger charge is -2.18. The summed E-state index contributed by atoms with van der Waals surface area (Å²) in [6.45, 7) is -0.519. The summed E-state index contributed by atoms with van der Waals surface area (Å²) in [6, 6.07) is 28.4. The fraction of sp³-hybridized carbons (Fsp3) is 0.118. The van der Waals surface area contributed by atoms with Gasteiger partial charge >= 0.3 is 5.97 Å². The Kier molecular flexibility index (Phi) is 7.90. The number of nitrogens with zero attached hydrogens (tertiary/aromatic N) is 2. The van der Waals surface area contributed by atoms with Gasteiger partial charge in [0, 0.05) is 23.2 Å². The molecule has 10 heteroatoms. The lowest BCUT2D eigenvalue weighted by Crippen LogP contribution is -2.31. The van der Waals surface area contributed by atoms with Gasteiger partial charge in [0.25, 0.3) is 11.8 Å². The van der Waals surface area contributed by atoms with Crippen molar-refractivity contribution in [3.05, 3.63) is 141 Å². The average molecular weight is 591 g/mol. The maximum absolute atomic E-state index is 13.7. The van der Waals surface area contributed by atoms with Crippen LogP contribution in [-0.2, 0) is 36.0 Å². The normalized spacial score (nSPS) is 12.4. The topological polar surface area (TPSA) is 124 Å². The number of fused-ring (bicyclic) bond motifs is 2. The second-order valence-corrected chi connectivity index (χ2v) is 10.1. The standard InChI is InChI=1S/C34H26N2O8/c37-31(38)18-35-17-24(21-44-36-33(40)25-13-7-8-14-26(25)34(36)41)32(39)27-15-29(42-19-22-9-3-1-4-10-22)30(16-28(27)35)43-20-23-11-5-2-6-12-23/h1-17H,18-21H2,(H,37,38). The number of rotatable bonds is 11. The summed E-state index contributed by atoms with van der Waals surface area (Å²) < 4.78 is 13.6. The van der Waals surface area contributed by atoms with Gasteiger partial charge in [-0.05, 0) is 29.3 Å². The molecule has 0 unspecified atom stereocenters. The van der Waals surface area contributed by atoms with Crippen molar-refractivity contribution in [3.8, 4) is 11.5 Å². The number of benzene rings is 4. The summed E-state index contributed by atoms with van der Waals surface area (Å²) in [5.74, 6) is -1.82. The molecule has 1 aromatic heterocycles. The maximum Gasteiger partial charge on any atom is 0.323 e. The number of aromatic nitrogens is 1. The van der Waals surface area contributed by atoms with Crippen molar-refractivity contribution in [1.82, 2.24) is 9.63 Å². The first-order valence-electron chi connectivity index (χ1n) is 13.7. The Morgan fingerprint density at radius 2 is 1.20 bits per heavy atom. The van der Waals surface area contributed by atoms with Gasteiger partial charge in [-0.1, -0.05) is 72.8 Å². The highest BCUT2D eigenvalue weighted by Crippen LogP contribution is 2.33. The predicted molar refractivity (Wildman–Crippen MR) is 159 cm³/mol. The van der Waals surface area contributed by atoms with Crippen LogP contribution in [0.4, 0.5) is 0 Å². The third-order valence-electron chi connectivity index (χ3n) is 7.11. The highest BCUT2D eigenvalue weighted by atomic mass is 16.7. The minimum Gasteiger partial charge on any atom is -0.485 e. The van der Waals surface area contributed by atoms with Crippen molar-refractivity contribution in [2.24, 2.45) is 0 Å². The van der Waals surface area contributed by atoms with Crippen LogP contribution in [0.15, 0.2) is 108 Å². The number of imide groups is 1. The van der Waals surface area contributed by atoms with Gasteiger partial charge in [0.15, 0.2) is 16.9 Å². The maximum atomic E-state index is 13.7. The Hall–Kier alpha value is -5.74. The molecule has 220 valence electrons.